The van der Waals surface area contributed by atoms with Crippen LogP contribution in [0.2, 0.25) is 5.02 Å². The van der Waals surface area contributed by atoms with Gasteiger partial charge in [0, 0.05) is 17.5 Å². The van der Waals surface area contributed by atoms with Gasteiger partial charge in [0.2, 0.25) is 0 Å². The van der Waals surface area contributed by atoms with E-state index in [0.29, 0.717) is 16.4 Å². The number of rotatable bonds is 3. The molecule has 0 saturated carbocycles. The number of hydrogen-bond acceptors (Lipinski definition) is 6. The van der Waals surface area contributed by atoms with Gasteiger partial charge in [-0.3, -0.25) is 9.36 Å². The largest absolute Gasteiger partial charge is 0.434 e. The van der Waals surface area contributed by atoms with Crippen molar-refractivity contribution in [3.05, 3.63) is 67.9 Å². The average molecular weight is 458 g/mol. The molecule has 29 heavy (non-hydrogen) atoms. The molecule has 0 aliphatic carbocycles. The molecule has 1 aromatic carbocycles. The fourth-order valence-electron chi connectivity index (χ4n) is 2.75. The lowest BCUT2D eigenvalue weighted by atomic mass is 10.2. The second kappa shape index (κ2) is 7.15. The molecule has 4 rings (SSSR count). The molecule has 0 aliphatic rings. The number of thiol groups is 1. The van der Waals surface area contributed by atoms with Crippen LogP contribution in [0.15, 0.2) is 40.8 Å². The predicted molar refractivity (Wildman–Crippen MR) is 107 cm³/mol. The van der Waals surface area contributed by atoms with E-state index in [0.717, 1.165) is 16.7 Å². The number of benzene rings is 1. The van der Waals surface area contributed by atoms with E-state index in [4.69, 9.17) is 11.6 Å². The molecule has 1 atom stereocenters. The van der Waals surface area contributed by atoms with Gasteiger partial charge >= 0.3 is 6.18 Å². The zero-order valence-electron chi connectivity index (χ0n) is 14.6. The number of fused-ring (bicyclic) bond motifs is 1. The molecule has 0 aliphatic heterocycles. The van der Waals surface area contributed by atoms with E-state index in [1.807, 2.05) is 0 Å². The summed E-state index contributed by atoms with van der Waals surface area (Å²) in [6, 6.07) is 6.39. The maximum Gasteiger partial charge on any atom is 0.434 e. The second-order valence-corrected chi connectivity index (χ2v) is 7.93. The number of imidazole rings is 1. The first-order chi connectivity index (χ1) is 13.7. The molecule has 3 aromatic heterocycles. The third-order valence-electron chi connectivity index (χ3n) is 4.14. The molecule has 0 spiro atoms. The Balaban J connectivity index is 1.95. The summed E-state index contributed by atoms with van der Waals surface area (Å²) in [5, 5.41) is 0.467. The minimum atomic E-state index is -4.57. The average Bonchev–Trinajstić information content (AvgIpc) is 3.30. The molecule has 0 radical (unpaired) electrons. The van der Waals surface area contributed by atoms with Crippen molar-refractivity contribution in [2.45, 2.75) is 11.4 Å². The molecule has 4 aromatic rings. The Morgan fingerprint density at radius 3 is 2.52 bits per heavy atom. The smallest absolute Gasteiger partial charge is 0.318 e. The van der Waals surface area contributed by atoms with Gasteiger partial charge in [-0.2, -0.15) is 25.8 Å². The highest BCUT2D eigenvalue weighted by atomic mass is 35.5. The molecular formula is C17H11ClF3N5OS2. The van der Waals surface area contributed by atoms with Gasteiger partial charge in [-0.25, -0.2) is 15.0 Å². The van der Waals surface area contributed by atoms with E-state index < -0.39 is 22.7 Å². The number of alkyl halides is 3. The van der Waals surface area contributed by atoms with Crippen LogP contribution in [0.25, 0.3) is 16.9 Å². The quantitative estimate of drug-likeness (QED) is 0.467. The predicted octanol–water partition coefficient (Wildman–Crippen LogP) is 4.27. The highest BCUT2D eigenvalue weighted by molar-refractivity contribution is 7.80. The maximum atomic E-state index is 13.1. The molecule has 12 heteroatoms. The first kappa shape index (κ1) is 19.9. The number of aryl methyl sites for hydroxylation is 1. The van der Waals surface area contributed by atoms with Gasteiger partial charge < -0.3 is 4.57 Å². The molecule has 0 saturated heterocycles. The molecule has 0 fully saturated rings. The summed E-state index contributed by atoms with van der Waals surface area (Å²) in [5.74, 6) is 0.125. The van der Waals surface area contributed by atoms with Crippen molar-refractivity contribution in [2.75, 3.05) is 0 Å². The van der Waals surface area contributed by atoms with Crippen LogP contribution in [-0.4, -0.2) is 24.1 Å². The third kappa shape index (κ3) is 3.53. The van der Waals surface area contributed by atoms with E-state index in [-0.39, 0.29) is 16.3 Å². The summed E-state index contributed by atoms with van der Waals surface area (Å²) in [6.45, 7) is 0. The molecule has 3 heterocycles. The van der Waals surface area contributed by atoms with Gasteiger partial charge in [-0.05, 0) is 24.3 Å². The van der Waals surface area contributed by atoms with Crippen molar-refractivity contribution in [1.29, 1.82) is 0 Å². The van der Waals surface area contributed by atoms with Gasteiger partial charge in [0.25, 0.3) is 5.56 Å². The molecule has 0 N–H and O–H groups in total. The Kier molecular flexibility index (Phi) is 4.91. The Morgan fingerprint density at radius 2 is 1.90 bits per heavy atom. The molecule has 6 nitrogen and oxygen atoms in total. The van der Waals surface area contributed by atoms with E-state index in [1.165, 1.54) is 10.9 Å². The summed E-state index contributed by atoms with van der Waals surface area (Å²) >= 11 is 11.2. The van der Waals surface area contributed by atoms with Crippen LogP contribution in [0.1, 0.15) is 21.8 Å². The van der Waals surface area contributed by atoms with Crippen LogP contribution >= 0.6 is 35.6 Å². The molecule has 1 unspecified atom stereocenters. The summed E-state index contributed by atoms with van der Waals surface area (Å²) in [4.78, 5) is 25.3. The summed E-state index contributed by atoms with van der Waals surface area (Å²) in [6.07, 6.45) is -3.13. The Labute approximate surface area is 176 Å². The van der Waals surface area contributed by atoms with Crippen LogP contribution in [0.3, 0.4) is 0 Å². The van der Waals surface area contributed by atoms with E-state index >= 15 is 0 Å². The standard InChI is InChI=1S/C17H11ClF3N5OS2/c1-25-7-22-11-13(25)24-14(12(28)15-23-10(6-29-15)17(19,20)21)26(16(11)27)9-4-2-8(18)3-5-9/h2-7,12,28H,1H3. The van der Waals surface area contributed by atoms with Gasteiger partial charge in [0.1, 0.15) is 16.1 Å². The van der Waals surface area contributed by atoms with Gasteiger partial charge in [-0.1, -0.05) is 11.6 Å². The summed E-state index contributed by atoms with van der Waals surface area (Å²) in [7, 11) is 1.66. The van der Waals surface area contributed by atoms with Crippen LogP contribution in [0.4, 0.5) is 13.2 Å². The van der Waals surface area contributed by atoms with Crippen molar-refractivity contribution < 1.29 is 13.2 Å². The number of halogens is 4. The lowest BCUT2D eigenvalue weighted by Gasteiger charge is -2.16. The van der Waals surface area contributed by atoms with E-state index in [1.54, 1.807) is 35.9 Å². The van der Waals surface area contributed by atoms with Crippen molar-refractivity contribution in [3.8, 4) is 5.69 Å². The second-order valence-electron chi connectivity index (χ2n) is 6.09. The van der Waals surface area contributed by atoms with Crippen molar-refractivity contribution in [3.63, 3.8) is 0 Å². The van der Waals surface area contributed by atoms with Crippen LogP contribution < -0.4 is 5.56 Å². The zero-order chi connectivity index (χ0) is 20.9. The fourth-order valence-corrected chi connectivity index (χ4v) is 4.10. The van der Waals surface area contributed by atoms with E-state index in [9.17, 15) is 18.0 Å². The fraction of sp³-hybridized carbons (Fsp3) is 0.176. The summed E-state index contributed by atoms with van der Waals surface area (Å²) < 4.78 is 41.7. The molecule has 0 bridgehead atoms. The third-order valence-corrected chi connectivity index (χ3v) is 5.95. The van der Waals surface area contributed by atoms with Gasteiger partial charge in [0.15, 0.2) is 16.9 Å². The first-order valence-electron chi connectivity index (χ1n) is 8.07. The number of aromatic nitrogens is 5. The maximum absolute atomic E-state index is 13.1. The van der Waals surface area contributed by atoms with Gasteiger partial charge in [-0.15, -0.1) is 11.3 Å². The lowest BCUT2D eigenvalue weighted by Crippen LogP contribution is -2.25. The lowest BCUT2D eigenvalue weighted by molar-refractivity contribution is -0.140. The van der Waals surface area contributed by atoms with Crippen molar-refractivity contribution in [1.82, 2.24) is 24.1 Å². The van der Waals surface area contributed by atoms with Crippen LogP contribution in [0.5, 0.6) is 0 Å². The minimum absolute atomic E-state index is 0.0665. The highest BCUT2D eigenvalue weighted by Gasteiger charge is 2.35. The molecular weight excluding hydrogens is 447 g/mol. The summed E-state index contributed by atoms with van der Waals surface area (Å²) in [5.41, 5.74) is -0.636. The molecule has 0 amide bonds. The number of thiazole rings is 1. The highest BCUT2D eigenvalue weighted by Crippen LogP contribution is 2.36. The Morgan fingerprint density at radius 1 is 1.21 bits per heavy atom. The van der Waals surface area contributed by atoms with Crippen LogP contribution in [0, 0.1) is 0 Å². The molecule has 150 valence electrons. The minimum Gasteiger partial charge on any atom is -0.318 e. The number of hydrogen-bond donors (Lipinski definition) is 1. The number of nitrogens with zero attached hydrogens (tertiary/aromatic N) is 5. The monoisotopic (exact) mass is 457 g/mol. The Hall–Kier alpha value is -2.37. The van der Waals surface area contributed by atoms with Crippen molar-refractivity contribution >= 4 is 46.7 Å². The van der Waals surface area contributed by atoms with Crippen molar-refractivity contribution in [2.24, 2.45) is 7.05 Å². The van der Waals surface area contributed by atoms with E-state index in [2.05, 4.69) is 27.6 Å². The first-order valence-corrected chi connectivity index (χ1v) is 9.85. The Bertz CT molecular complexity index is 1260. The normalized spacial score (nSPS) is 13.2. The van der Waals surface area contributed by atoms with Crippen LogP contribution in [-0.2, 0) is 13.2 Å². The topological polar surface area (TPSA) is 65.6 Å². The SMILES string of the molecule is Cn1cnc2c(=O)n(-c3ccc(Cl)cc3)c(C(S)c3nc(C(F)(F)F)cs3)nc21. The zero-order valence-corrected chi connectivity index (χ0v) is 17.0. The van der Waals surface area contributed by atoms with Gasteiger partial charge in [0.05, 0.1) is 12.0 Å².